The molecule has 0 amide bonds. The van der Waals surface area contributed by atoms with Crippen LogP contribution >= 0.6 is 11.3 Å². The number of hydrogen-bond acceptors (Lipinski definition) is 6. The van der Waals surface area contributed by atoms with Gasteiger partial charge >= 0.3 is 0 Å². The monoisotopic (exact) mass is 253 g/mol. The van der Waals surface area contributed by atoms with E-state index in [0.717, 1.165) is 28.9 Å². The Labute approximate surface area is 104 Å². The van der Waals surface area contributed by atoms with Crippen molar-refractivity contribution in [3.05, 3.63) is 29.2 Å². The molecule has 0 aliphatic rings. The maximum absolute atomic E-state index is 5.47. The molecule has 2 heterocycles. The molecule has 5 nitrogen and oxygen atoms in total. The fourth-order valence-corrected chi connectivity index (χ4v) is 1.95. The van der Waals surface area contributed by atoms with Crippen molar-refractivity contribution in [2.75, 3.05) is 11.9 Å². The van der Waals surface area contributed by atoms with E-state index in [4.69, 9.17) is 9.15 Å². The first-order valence-electron chi connectivity index (χ1n) is 5.55. The number of ether oxygens (including phenoxy) is 1. The highest BCUT2D eigenvalue weighted by molar-refractivity contribution is 7.15. The van der Waals surface area contributed by atoms with Gasteiger partial charge in [0.15, 0.2) is 0 Å². The van der Waals surface area contributed by atoms with E-state index in [-0.39, 0.29) is 0 Å². The van der Waals surface area contributed by atoms with Crippen LogP contribution in [0.25, 0.3) is 0 Å². The molecule has 0 aliphatic carbocycles. The lowest BCUT2D eigenvalue weighted by atomic mass is 10.5. The SMILES string of the molecule is CCCNc1nnc(COCc2ccco2)s1. The third-order valence-corrected chi connectivity index (χ3v) is 2.90. The van der Waals surface area contributed by atoms with Crippen LogP contribution in [0.15, 0.2) is 22.8 Å². The van der Waals surface area contributed by atoms with Gasteiger partial charge in [0.2, 0.25) is 5.13 Å². The number of aromatic nitrogens is 2. The van der Waals surface area contributed by atoms with E-state index >= 15 is 0 Å². The van der Waals surface area contributed by atoms with Gasteiger partial charge in [0, 0.05) is 6.54 Å². The Morgan fingerprint density at radius 2 is 2.35 bits per heavy atom. The zero-order chi connectivity index (χ0) is 11.9. The lowest BCUT2D eigenvalue weighted by Crippen LogP contribution is -1.98. The van der Waals surface area contributed by atoms with Crippen LogP contribution in [0.1, 0.15) is 24.1 Å². The third kappa shape index (κ3) is 3.83. The molecule has 0 radical (unpaired) electrons. The van der Waals surface area contributed by atoms with Crippen molar-refractivity contribution in [1.82, 2.24) is 10.2 Å². The number of furan rings is 1. The van der Waals surface area contributed by atoms with Crippen molar-refractivity contribution in [2.24, 2.45) is 0 Å². The molecule has 0 bridgehead atoms. The molecule has 6 heteroatoms. The number of nitrogens with one attached hydrogen (secondary N) is 1. The van der Waals surface area contributed by atoms with Crippen LogP contribution in [0.2, 0.25) is 0 Å². The smallest absolute Gasteiger partial charge is 0.205 e. The van der Waals surface area contributed by atoms with E-state index in [0.29, 0.717) is 13.2 Å². The highest BCUT2D eigenvalue weighted by atomic mass is 32.1. The Hall–Kier alpha value is -1.40. The molecule has 17 heavy (non-hydrogen) atoms. The molecule has 0 aliphatic heterocycles. The number of hydrogen-bond donors (Lipinski definition) is 1. The molecule has 0 aromatic carbocycles. The topological polar surface area (TPSA) is 60.2 Å². The van der Waals surface area contributed by atoms with E-state index in [1.807, 2.05) is 12.1 Å². The summed E-state index contributed by atoms with van der Waals surface area (Å²) >= 11 is 1.52. The van der Waals surface area contributed by atoms with Gasteiger partial charge < -0.3 is 14.5 Å². The van der Waals surface area contributed by atoms with Gasteiger partial charge in [-0.25, -0.2) is 0 Å². The van der Waals surface area contributed by atoms with Crippen molar-refractivity contribution in [3.8, 4) is 0 Å². The van der Waals surface area contributed by atoms with Crippen LogP contribution in [-0.2, 0) is 18.0 Å². The number of anilines is 1. The molecule has 92 valence electrons. The average molecular weight is 253 g/mol. The first kappa shape index (κ1) is 12.1. The minimum absolute atomic E-state index is 0.463. The number of rotatable bonds is 7. The largest absolute Gasteiger partial charge is 0.467 e. The number of nitrogens with zero attached hydrogens (tertiary/aromatic N) is 2. The summed E-state index contributed by atoms with van der Waals surface area (Å²) in [7, 11) is 0. The van der Waals surface area contributed by atoms with E-state index in [2.05, 4.69) is 22.4 Å². The summed E-state index contributed by atoms with van der Waals surface area (Å²) in [6.07, 6.45) is 2.71. The van der Waals surface area contributed by atoms with Crippen LogP contribution in [0.3, 0.4) is 0 Å². The second-order valence-corrected chi connectivity index (χ2v) is 4.56. The zero-order valence-corrected chi connectivity index (χ0v) is 10.5. The molecule has 0 saturated heterocycles. The van der Waals surface area contributed by atoms with Gasteiger partial charge in [-0.1, -0.05) is 18.3 Å². The van der Waals surface area contributed by atoms with Crippen molar-refractivity contribution >= 4 is 16.5 Å². The van der Waals surface area contributed by atoms with Gasteiger partial charge in [0.1, 0.15) is 24.0 Å². The molecule has 0 saturated carbocycles. The molecule has 1 N–H and O–H groups in total. The van der Waals surface area contributed by atoms with Crippen LogP contribution < -0.4 is 5.32 Å². The lowest BCUT2D eigenvalue weighted by molar-refractivity contribution is 0.0924. The molecule has 0 spiro atoms. The summed E-state index contributed by atoms with van der Waals surface area (Å²) in [5.74, 6) is 0.818. The predicted octanol–water partition coefficient (Wildman–Crippen LogP) is 2.67. The highest BCUT2D eigenvalue weighted by Crippen LogP contribution is 2.16. The van der Waals surface area contributed by atoms with Gasteiger partial charge in [0.25, 0.3) is 0 Å². The van der Waals surface area contributed by atoms with Crippen LogP contribution in [0.5, 0.6) is 0 Å². The predicted molar refractivity (Wildman–Crippen MR) is 65.9 cm³/mol. The Kier molecular flexibility index (Phi) is 4.52. The van der Waals surface area contributed by atoms with Crippen LogP contribution in [0, 0.1) is 0 Å². The molecule has 2 aromatic rings. The summed E-state index contributed by atoms with van der Waals surface area (Å²) < 4.78 is 10.6. The van der Waals surface area contributed by atoms with Gasteiger partial charge in [-0.2, -0.15) is 0 Å². The second-order valence-electron chi connectivity index (χ2n) is 3.50. The fraction of sp³-hybridized carbons (Fsp3) is 0.455. The maximum Gasteiger partial charge on any atom is 0.205 e. The van der Waals surface area contributed by atoms with E-state index < -0.39 is 0 Å². The Morgan fingerprint density at radius 3 is 3.12 bits per heavy atom. The minimum Gasteiger partial charge on any atom is -0.467 e. The minimum atomic E-state index is 0.463. The second kappa shape index (κ2) is 6.36. The average Bonchev–Trinajstić information content (AvgIpc) is 2.98. The van der Waals surface area contributed by atoms with Gasteiger partial charge in [0.05, 0.1) is 6.26 Å². The zero-order valence-electron chi connectivity index (χ0n) is 9.68. The van der Waals surface area contributed by atoms with Gasteiger partial charge in [-0.15, -0.1) is 10.2 Å². The summed E-state index contributed by atoms with van der Waals surface area (Å²) in [6.45, 7) is 3.96. The van der Waals surface area contributed by atoms with Crippen LogP contribution in [0.4, 0.5) is 5.13 Å². The third-order valence-electron chi connectivity index (χ3n) is 2.04. The standard InChI is InChI=1S/C11H15N3O2S/c1-2-5-12-11-14-13-10(17-11)8-15-7-9-4-3-6-16-9/h3-4,6H,2,5,7-8H2,1H3,(H,12,14). The van der Waals surface area contributed by atoms with Crippen molar-refractivity contribution < 1.29 is 9.15 Å². The van der Waals surface area contributed by atoms with E-state index in [1.54, 1.807) is 6.26 Å². The lowest BCUT2D eigenvalue weighted by Gasteiger charge is -1.98. The van der Waals surface area contributed by atoms with Gasteiger partial charge in [-0.05, 0) is 18.6 Å². The van der Waals surface area contributed by atoms with Crippen molar-refractivity contribution in [2.45, 2.75) is 26.6 Å². The fourth-order valence-electron chi connectivity index (χ4n) is 1.25. The maximum atomic E-state index is 5.47. The van der Waals surface area contributed by atoms with Crippen molar-refractivity contribution in [3.63, 3.8) is 0 Å². The quantitative estimate of drug-likeness (QED) is 0.822. The molecular weight excluding hydrogens is 238 g/mol. The van der Waals surface area contributed by atoms with E-state index in [9.17, 15) is 0 Å². The van der Waals surface area contributed by atoms with E-state index in [1.165, 1.54) is 11.3 Å². The summed E-state index contributed by atoms with van der Waals surface area (Å²) in [5, 5.41) is 13.0. The molecule has 2 aromatic heterocycles. The summed E-state index contributed by atoms with van der Waals surface area (Å²) in [4.78, 5) is 0. The van der Waals surface area contributed by atoms with Crippen LogP contribution in [-0.4, -0.2) is 16.7 Å². The molecular formula is C11H15N3O2S. The molecule has 0 fully saturated rings. The highest BCUT2D eigenvalue weighted by Gasteiger charge is 2.04. The molecule has 2 rings (SSSR count). The summed E-state index contributed by atoms with van der Waals surface area (Å²) in [5.41, 5.74) is 0. The Morgan fingerprint density at radius 1 is 1.41 bits per heavy atom. The first-order chi connectivity index (χ1) is 8.38. The normalized spacial score (nSPS) is 10.6. The first-order valence-corrected chi connectivity index (χ1v) is 6.36. The Balaban J connectivity index is 1.73. The molecule has 0 unspecified atom stereocenters. The Bertz CT molecular complexity index is 428. The van der Waals surface area contributed by atoms with Crippen molar-refractivity contribution in [1.29, 1.82) is 0 Å². The molecule has 0 atom stereocenters. The summed E-state index contributed by atoms with van der Waals surface area (Å²) in [6, 6.07) is 3.73. The van der Waals surface area contributed by atoms with Gasteiger partial charge in [-0.3, -0.25) is 0 Å².